The quantitative estimate of drug-likeness (QED) is 0.820. The van der Waals surface area contributed by atoms with Crippen LogP contribution in [-0.2, 0) is 10.3 Å². The Labute approximate surface area is 100 Å². The van der Waals surface area contributed by atoms with E-state index in [2.05, 4.69) is 22.6 Å². The van der Waals surface area contributed by atoms with Gasteiger partial charge in [0.05, 0.1) is 0 Å². The van der Waals surface area contributed by atoms with Crippen molar-refractivity contribution in [3.63, 3.8) is 0 Å². The minimum Gasteiger partial charge on any atom is -0.480 e. The number of hydrogen-bond donors (Lipinski definition) is 2. The second-order valence-electron chi connectivity index (χ2n) is 3.13. The van der Waals surface area contributed by atoms with Gasteiger partial charge in [0, 0.05) is 14.2 Å². The maximum atomic E-state index is 10.9. The normalized spacial score (nSPS) is 14.9. The molecule has 0 heterocycles. The highest BCUT2D eigenvalue weighted by molar-refractivity contribution is 14.1. The summed E-state index contributed by atoms with van der Waals surface area (Å²) in [5.41, 5.74) is 4.63. The number of carbonyl (C=O) groups is 1. The van der Waals surface area contributed by atoms with Crippen molar-refractivity contribution in [2.45, 2.75) is 12.5 Å². The van der Waals surface area contributed by atoms with Gasteiger partial charge in [-0.2, -0.15) is 0 Å². The van der Waals surface area contributed by atoms with E-state index in [0.29, 0.717) is 10.6 Å². The molecule has 5 heteroatoms. The fraction of sp³-hybridized carbons (Fsp3) is 0.222. The van der Waals surface area contributed by atoms with Crippen LogP contribution >= 0.6 is 34.2 Å². The average molecular weight is 326 g/mol. The second kappa shape index (κ2) is 4.04. The molecule has 0 unspecified atom stereocenters. The van der Waals surface area contributed by atoms with Gasteiger partial charge >= 0.3 is 5.97 Å². The van der Waals surface area contributed by atoms with Crippen molar-refractivity contribution in [3.8, 4) is 0 Å². The molecule has 1 rings (SSSR count). The zero-order valence-electron chi connectivity index (χ0n) is 7.42. The molecule has 1 atom stereocenters. The molecule has 3 nitrogen and oxygen atoms in total. The molecule has 0 radical (unpaired) electrons. The van der Waals surface area contributed by atoms with Gasteiger partial charge in [-0.3, -0.25) is 0 Å². The van der Waals surface area contributed by atoms with Crippen LogP contribution in [0.2, 0.25) is 5.02 Å². The summed E-state index contributed by atoms with van der Waals surface area (Å²) in [5, 5.41) is 9.28. The molecule has 3 N–H and O–H groups in total. The predicted molar refractivity (Wildman–Crippen MR) is 63.3 cm³/mol. The maximum Gasteiger partial charge on any atom is 0.328 e. The Kier molecular flexibility index (Phi) is 3.39. The molecule has 0 aromatic heterocycles. The van der Waals surface area contributed by atoms with Crippen LogP contribution in [0.15, 0.2) is 18.2 Å². The Balaban J connectivity index is 3.26. The van der Waals surface area contributed by atoms with Gasteiger partial charge in [-0.25, -0.2) is 4.79 Å². The molecular formula is C9H9ClINO2. The average Bonchev–Trinajstić information content (AvgIpc) is 2.02. The van der Waals surface area contributed by atoms with Crippen LogP contribution < -0.4 is 5.73 Å². The van der Waals surface area contributed by atoms with Gasteiger partial charge in [0.2, 0.25) is 0 Å². The highest BCUT2D eigenvalue weighted by Gasteiger charge is 2.32. The molecule has 0 saturated carbocycles. The molecule has 0 aliphatic carbocycles. The molecule has 0 aliphatic heterocycles. The lowest BCUT2D eigenvalue weighted by Crippen LogP contribution is -2.41. The number of carboxylic acid groups (broad SMARTS) is 1. The third kappa shape index (κ3) is 2.18. The minimum absolute atomic E-state index is 0.379. The Bertz CT molecular complexity index is 379. The molecular weight excluding hydrogens is 316 g/mol. The monoisotopic (exact) mass is 325 g/mol. The predicted octanol–water partition coefficient (Wildman–Crippen LogP) is 2.20. The van der Waals surface area contributed by atoms with Gasteiger partial charge < -0.3 is 10.8 Å². The first-order valence-electron chi connectivity index (χ1n) is 3.83. The molecule has 0 spiro atoms. The van der Waals surface area contributed by atoms with E-state index < -0.39 is 11.5 Å². The molecule has 0 saturated heterocycles. The summed E-state index contributed by atoms with van der Waals surface area (Å²) in [6, 6.07) is 5.10. The number of benzene rings is 1. The van der Waals surface area contributed by atoms with E-state index in [1.807, 2.05) is 0 Å². The van der Waals surface area contributed by atoms with Crippen molar-refractivity contribution in [1.29, 1.82) is 0 Å². The van der Waals surface area contributed by atoms with E-state index in [1.54, 1.807) is 18.2 Å². The van der Waals surface area contributed by atoms with Gasteiger partial charge in [0.1, 0.15) is 5.54 Å². The molecule has 14 heavy (non-hydrogen) atoms. The van der Waals surface area contributed by atoms with Crippen LogP contribution in [0, 0.1) is 3.57 Å². The van der Waals surface area contributed by atoms with Gasteiger partial charge in [0.25, 0.3) is 0 Å². The zero-order chi connectivity index (χ0) is 10.9. The van der Waals surface area contributed by atoms with Crippen LogP contribution in [0.4, 0.5) is 0 Å². The lowest BCUT2D eigenvalue weighted by molar-refractivity contribution is -0.143. The van der Waals surface area contributed by atoms with Gasteiger partial charge in [-0.1, -0.05) is 17.7 Å². The van der Waals surface area contributed by atoms with Crippen LogP contribution in [0.25, 0.3) is 0 Å². The fourth-order valence-electron chi connectivity index (χ4n) is 1.03. The van der Waals surface area contributed by atoms with Crippen LogP contribution in [0.5, 0.6) is 0 Å². The summed E-state index contributed by atoms with van der Waals surface area (Å²) in [4.78, 5) is 10.9. The largest absolute Gasteiger partial charge is 0.480 e. The molecule has 76 valence electrons. The first-order chi connectivity index (χ1) is 6.35. The maximum absolute atomic E-state index is 10.9. The van der Waals surface area contributed by atoms with Crippen molar-refractivity contribution >= 4 is 40.2 Å². The molecule has 1 aromatic rings. The van der Waals surface area contributed by atoms with Gasteiger partial charge in [-0.15, -0.1) is 0 Å². The van der Waals surface area contributed by atoms with Crippen molar-refractivity contribution < 1.29 is 9.90 Å². The summed E-state index contributed by atoms with van der Waals surface area (Å²) in [6.45, 7) is 1.42. The molecule has 0 bridgehead atoms. The minimum atomic E-state index is -1.44. The number of nitrogens with two attached hydrogens (primary N) is 1. The highest BCUT2D eigenvalue weighted by Crippen LogP contribution is 2.27. The second-order valence-corrected chi connectivity index (χ2v) is 4.78. The fourth-order valence-corrected chi connectivity index (χ4v) is 2.08. The lowest BCUT2D eigenvalue weighted by Gasteiger charge is -2.20. The Morgan fingerprint density at radius 1 is 1.64 bits per heavy atom. The number of rotatable bonds is 2. The summed E-state index contributed by atoms with van der Waals surface area (Å²) < 4.78 is 0.942. The van der Waals surface area contributed by atoms with Crippen molar-refractivity contribution in [2.75, 3.05) is 0 Å². The van der Waals surface area contributed by atoms with Crippen LogP contribution in [0.1, 0.15) is 12.5 Å². The standard InChI is InChI=1S/C9H9ClINO2/c1-9(12,8(13)14)6-3-2-5(11)4-7(6)10/h2-4H,12H2,1H3,(H,13,14)/t9-/m1/s1. The Hall–Kier alpha value is -0.330. The summed E-state index contributed by atoms with van der Waals surface area (Å²) >= 11 is 8.00. The third-order valence-corrected chi connectivity index (χ3v) is 2.92. The highest BCUT2D eigenvalue weighted by atomic mass is 127. The van der Waals surface area contributed by atoms with Crippen LogP contribution in [0.3, 0.4) is 0 Å². The van der Waals surface area contributed by atoms with Crippen molar-refractivity contribution in [1.82, 2.24) is 0 Å². The number of aliphatic carboxylic acids is 1. The van der Waals surface area contributed by atoms with E-state index in [0.717, 1.165) is 3.57 Å². The smallest absolute Gasteiger partial charge is 0.328 e. The Morgan fingerprint density at radius 2 is 2.21 bits per heavy atom. The van der Waals surface area contributed by atoms with E-state index in [9.17, 15) is 4.79 Å². The first kappa shape index (κ1) is 11.7. The van der Waals surface area contributed by atoms with Gasteiger partial charge in [0.15, 0.2) is 0 Å². The van der Waals surface area contributed by atoms with Crippen molar-refractivity contribution in [3.05, 3.63) is 32.4 Å². The summed E-state index contributed by atoms with van der Waals surface area (Å²) in [5.74, 6) is -1.10. The number of hydrogen-bond acceptors (Lipinski definition) is 2. The lowest BCUT2D eigenvalue weighted by atomic mass is 9.93. The topological polar surface area (TPSA) is 63.3 Å². The Morgan fingerprint density at radius 3 is 2.64 bits per heavy atom. The third-order valence-electron chi connectivity index (χ3n) is 1.93. The van der Waals surface area contributed by atoms with Crippen molar-refractivity contribution in [2.24, 2.45) is 5.73 Å². The van der Waals surface area contributed by atoms with E-state index in [4.69, 9.17) is 22.4 Å². The SMILES string of the molecule is C[C@](N)(C(=O)O)c1ccc(I)cc1Cl. The number of carboxylic acids is 1. The summed E-state index contributed by atoms with van der Waals surface area (Å²) in [7, 11) is 0. The first-order valence-corrected chi connectivity index (χ1v) is 5.29. The van der Waals surface area contributed by atoms with E-state index in [1.165, 1.54) is 6.92 Å². The zero-order valence-corrected chi connectivity index (χ0v) is 10.3. The summed E-state index contributed by atoms with van der Waals surface area (Å²) in [6.07, 6.45) is 0. The van der Waals surface area contributed by atoms with Gasteiger partial charge in [-0.05, 0) is 41.6 Å². The number of halogens is 2. The van der Waals surface area contributed by atoms with Crippen LogP contribution in [-0.4, -0.2) is 11.1 Å². The molecule has 0 amide bonds. The molecule has 1 aromatic carbocycles. The van der Waals surface area contributed by atoms with E-state index in [-0.39, 0.29) is 0 Å². The molecule has 0 aliphatic rings. The van der Waals surface area contributed by atoms with E-state index >= 15 is 0 Å². The molecule has 0 fully saturated rings.